The Hall–Kier alpha value is -2.28. The monoisotopic (exact) mass is 387 g/mol. The lowest BCUT2D eigenvalue weighted by Crippen LogP contribution is -2.37. The molecule has 1 aliphatic rings. The van der Waals surface area contributed by atoms with Gasteiger partial charge in [-0.15, -0.1) is 0 Å². The number of aromatic nitrogens is 2. The number of ether oxygens (including phenoxy) is 1. The first-order chi connectivity index (χ1) is 13.2. The van der Waals surface area contributed by atoms with Crippen LogP contribution in [-0.2, 0) is 4.79 Å². The summed E-state index contributed by atoms with van der Waals surface area (Å²) in [6.07, 6.45) is 8.90. The fourth-order valence-electron chi connectivity index (χ4n) is 3.22. The minimum absolute atomic E-state index is 0.0374. The fourth-order valence-corrected chi connectivity index (χ4v) is 3.92. The molecule has 1 heterocycles. The Labute approximate surface area is 163 Å². The van der Waals surface area contributed by atoms with Crippen LogP contribution in [0.4, 0.5) is 0 Å². The average molecular weight is 388 g/mol. The van der Waals surface area contributed by atoms with Crippen molar-refractivity contribution in [1.29, 1.82) is 0 Å². The second-order valence-electron chi connectivity index (χ2n) is 6.53. The van der Waals surface area contributed by atoms with Crippen LogP contribution in [0.3, 0.4) is 0 Å². The first-order valence-electron chi connectivity index (χ1n) is 9.40. The van der Waals surface area contributed by atoms with Gasteiger partial charge < -0.3 is 10.1 Å². The van der Waals surface area contributed by atoms with E-state index in [2.05, 4.69) is 10.3 Å². The van der Waals surface area contributed by atoms with Crippen LogP contribution in [0.15, 0.2) is 46.5 Å². The summed E-state index contributed by atoms with van der Waals surface area (Å²) in [6.45, 7) is 2.52. The van der Waals surface area contributed by atoms with Gasteiger partial charge in [-0.2, -0.15) is 0 Å². The van der Waals surface area contributed by atoms with E-state index in [0.29, 0.717) is 11.6 Å². The molecule has 1 aliphatic carbocycles. The summed E-state index contributed by atoms with van der Waals surface area (Å²) in [5.41, 5.74) is 0.511. The molecule has 27 heavy (non-hydrogen) atoms. The van der Waals surface area contributed by atoms with Gasteiger partial charge >= 0.3 is 0 Å². The van der Waals surface area contributed by atoms with Crippen LogP contribution in [0, 0.1) is 0 Å². The van der Waals surface area contributed by atoms with Crippen LogP contribution < -0.4 is 15.6 Å². The summed E-state index contributed by atoms with van der Waals surface area (Å²) < 4.78 is 6.96. The Kier molecular flexibility index (Phi) is 6.92. The Morgan fingerprint density at radius 1 is 1.26 bits per heavy atom. The van der Waals surface area contributed by atoms with Crippen molar-refractivity contribution in [3.8, 4) is 11.4 Å². The fraction of sp³-hybridized carbons (Fsp3) is 0.450. The molecule has 0 atom stereocenters. The quantitative estimate of drug-likeness (QED) is 0.739. The Morgan fingerprint density at radius 2 is 2.00 bits per heavy atom. The van der Waals surface area contributed by atoms with Crippen molar-refractivity contribution in [1.82, 2.24) is 14.9 Å². The van der Waals surface area contributed by atoms with Gasteiger partial charge in [0.2, 0.25) is 5.91 Å². The molecule has 1 amide bonds. The zero-order valence-corrected chi connectivity index (χ0v) is 16.3. The molecule has 1 aromatic heterocycles. The van der Waals surface area contributed by atoms with E-state index >= 15 is 0 Å². The molecule has 2 aromatic rings. The van der Waals surface area contributed by atoms with E-state index in [1.54, 1.807) is 12.4 Å². The van der Waals surface area contributed by atoms with Gasteiger partial charge in [0.25, 0.3) is 5.56 Å². The van der Waals surface area contributed by atoms with E-state index in [9.17, 15) is 9.59 Å². The molecule has 0 bridgehead atoms. The molecule has 144 valence electrons. The summed E-state index contributed by atoms with van der Waals surface area (Å²) in [6, 6.07) is 7.59. The zero-order chi connectivity index (χ0) is 19.1. The van der Waals surface area contributed by atoms with E-state index < -0.39 is 0 Å². The van der Waals surface area contributed by atoms with Gasteiger partial charge in [-0.3, -0.25) is 14.2 Å². The number of hydrogen-bond donors (Lipinski definition) is 1. The maximum Gasteiger partial charge on any atom is 0.287 e. The van der Waals surface area contributed by atoms with Crippen molar-refractivity contribution in [2.24, 2.45) is 0 Å². The number of nitrogens with zero attached hydrogens (tertiary/aromatic N) is 2. The molecule has 0 radical (unpaired) electrons. The molecule has 0 spiro atoms. The predicted molar refractivity (Wildman–Crippen MR) is 107 cm³/mol. The van der Waals surface area contributed by atoms with Gasteiger partial charge in [0, 0.05) is 24.1 Å². The SMILES string of the molecule is CCOc1ccc(-n2ccnc(SCC(=O)NC3CCCCC3)c2=O)cc1. The number of rotatable bonds is 7. The van der Waals surface area contributed by atoms with Crippen LogP contribution in [0.2, 0.25) is 0 Å². The van der Waals surface area contributed by atoms with Gasteiger partial charge in [-0.25, -0.2) is 4.98 Å². The summed E-state index contributed by atoms with van der Waals surface area (Å²) in [4.78, 5) is 29.0. The molecule has 1 fully saturated rings. The molecule has 0 unspecified atom stereocenters. The predicted octanol–water partition coefficient (Wildman–Crippen LogP) is 3.17. The van der Waals surface area contributed by atoms with Crippen LogP contribution >= 0.6 is 11.8 Å². The highest BCUT2D eigenvalue weighted by Gasteiger charge is 2.16. The molecule has 6 nitrogen and oxygen atoms in total. The lowest BCUT2D eigenvalue weighted by Gasteiger charge is -2.22. The van der Waals surface area contributed by atoms with Crippen molar-refractivity contribution in [2.75, 3.05) is 12.4 Å². The highest BCUT2D eigenvalue weighted by atomic mass is 32.2. The summed E-state index contributed by atoms with van der Waals surface area (Å²) in [5.74, 6) is 0.924. The van der Waals surface area contributed by atoms with Gasteiger partial charge in [-0.05, 0) is 44.0 Å². The van der Waals surface area contributed by atoms with Crippen molar-refractivity contribution < 1.29 is 9.53 Å². The molecule has 1 saturated carbocycles. The minimum atomic E-state index is -0.225. The van der Waals surface area contributed by atoms with Crippen LogP contribution in [-0.4, -0.2) is 33.9 Å². The number of nitrogens with one attached hydrogen (secondary N) is 1. The molecule has 3 rings (SSSR count). The third-order valence-electron chi connectivity index (χ3n) is 4.55. The maximum absolute atomic E-state index is 12.7. The Morgan fingerprint density at radius 3 is 2.70 bits per heavy atom. The van der Waals surface area contributed by atoms with Crippen LogP contribution in [0.1, 0.15) is 39.0 Å². The van der Waals surface area contributed by atoms with Crippen molar-refractivity contribution in [2.45, 2.75) is 50.1 Å². The van der Waals surface area contributed by atoms with E-state index in [-0.39, 0.29) is 23.3 Å². The number of carbonyl (C=O) groups is 1. The molecule has 7 heteroatoms. The lowest BCUT2D eigenvalue weighted by molar-refractivity contribution is -0.119. The van der Waals surface area contributed by atoms with E-state index in [1.807, 2.05) is 31.2 Å². The highest BCUT2D eigenvalue weighted by Crippen LogP contribution is 2.18. The lowest BCUT2D eigenvalue weighted by atomic mass is 9.95. The topological polar surface area (TPSA) is 73.2 Å². The number of hydrogen-bond acceptors (Lipinski definition) is 5. The Balaban J connectivity index is 1.64. The minimum Gasteiger partial charge on any atom is -0.494 e. The molecule has 1 aromatic carbocycles. The summed E-state index contributed by atoms with van der Waals surface area (Å²) >= 11 is 1.18. The molecule has 0 aliphatic heterocycles. The third-order valence-corrected chi connectivity index (χ3v) is 5.51. The highest BCUT2D eigenvalue weighted by molar-refractivity contribution is 7.99. The van der Waals surface area contributed by atoms with E-state index in [1.165, 1.54) is 35.6 Å². The van der Waals surface area contributed by atoms with Gasteiger partial charge in [0.05, 0.1) is 12.4 Å². The van der Waals surface area contributed by atoms with E-state index in [0.717, 1.165) is 24.3 Å². The van der Waals surface area contributed by atoms with Gasteiger partial charge in [-0.1, -0.05) is 31.0 Å². The largest absolute Gasteiger partial charge is 0.494 e. The van der Waals surface area contributed by atoms with Crippen molar-refractivity contribution in [3.63, 3.8) is 0 Å². The summed E-state index contributed by atoms with van der Waals surface area (Å²) in [5, 5.41) is 3.39. The van der Waals surface area contributed by atoms with Crippen molar-refractivity contribution >= 4 is 17.7 Å². The van der Waals surface area contributed by atoms with Gasteiger partial charge in [0.15, 0.2) is 5.03 Å². The summed E-state index contributed by atoms with van der Waals surface area (Å²) in [7, 11) is 0. The average Bonchev–Trinajstić information content (AvgIpc) is 2.69. The molecule has 1 N–H and O–H groups in total. The first-order valence-corrected chi connectivity index (χ1v) is 10.4. The zero-order valence-electron chi connectivity index (χ0n) is 15.5. The normalized spacial score (nSPS) is 14.7. The number of benzene rings is 1. The van der Waals surface area contributed by atoms with Gasteiger partial charge in [0.1, 0.15) is 5.75 Å². The smallest absolute Gasteiger partial charge is 0.287 e. The second kappa shape index (κ2) is 9.60. The van der Waals surface area contributed by atoms with Crippen LogP contribution in [0.25, 0.3) is 5.69 Å². The number of thioether (sulfide) groups is 1. The Bertz CT molecular complexity index is 814. The number of amides is 1. The van der Waals surface area contributed by atoms with E-state index in [4.69, 9.17) is 4.74 Å². The number of carbonyl (C=O) groups excluding carboxylic acids is 1. The molecule has 0 saturated heterocycles. The third kappa shape index (κ3) is 5.35. The first kappa shape index (κ1) is 19.5. The molecular formula is C20H25N3O3S. The second-order valence-corrected chi connectivity index (χ2v) is 7.49. The standard InChI is InChI=1S/C20H25N3O3S/c1-2-26-17-10-8-16(9-11-17)23-13-12-21-19(20(23)25)27-14-18(24)22-15-6-4-3-5-7-15/h8-13,15H,2-7,14H2,1H3,(H,22,24). The maximum atomic E-state index is 12.7. The van der Waals surface area contributed by atoms with Crippen LogP contribution in [0.5, 0.6) is 5.75 Å². The van der Waals surface area contributed by atoms with Crippen molar-refractivity contribution in [3.05, 3.63) is 47.0 Å². The molecular weight excluding hydrogens is 362 g/mol.